The topological polar surface area (TPSA) is 99.5 Å². The zero-order valence-electron chi connectivity index (χ0n) is 11.0. The number of esters is 2. The van der Waals surface area contributed by atoms with Crippen molar-refractivity contribution in [2.24, 2.45) is 0 Å². The van der Waals surface area contributed by atoms with Gasteiger partial charge in [-0.15, -0.1) is 0 Å². The second-order valence-electron chi connectivity index (χ2n) is 5.38. The maximum atomic E-state index is 11.2. The van der Waals surface area contributed by atoms with E-state index in [-0.39, 0.29) is 36.9 Å². The van der Waals surface area contributed by atoms with Crippen LogP contribution < -0.4 is 0 Å². The Morgan fingerprint density at radius 2 is 1.15 bits per heavy atom. The lowest BCUT2D eigenvalue weighted by Crippen LogP contribution is -2.56. The fraction of sp³-hybridized carbons (Fsp3) is 0.833. The van der Waals surface area contributed by atoms with Crippen molar-refractivity contribution in [3.63, 3.8) is 0 Å². The number of carbonyl (C=O) groups excluding carboxylic acids is 2. The van der Waals surface area contributed by atoms with Crippen LogP contribution in [0.5, 0.6) is 0 Å². The van der Waals surface area contributed by atoms with E-state index in [1.165, 1.54) is 0 Å². The molecule has 0 saturated carbocycles. The molecule has 0 aliphatic carbocycles. The largest absolute Gasteiger partial charge is 0.434 e. The summed E-state index contributed by atoms with van der Waals surface area (Å²) in [5, 5.41) is 19.3. The van der Waals surface area contributed by atoms with E-state index in [9.17, 15) is 19.8 Å². The van der Waals surface area contributed by atoms with Crippen LogP contribution in [0.15, 0.2) is 0 Å². The average molecular weight is 286 g/mol. The molecule has 8 heteroatoms. The zero-order chi connectivity index (χ0) is 14.3. The number of ether oxygens (including phenoxy) is 2. The van der Waals surface area contributed by atoms with E-state index < -0.39 is 12.6 Å². The maximum absolute atomic E-state index is 11.2. The van der Waals surface area contributed by atoms with Gasteiger partial charge in [0, 0.05) is 26.2 Å². The lowest BCUT2D eigenvalue weighted by Gasteiger charge is -2.40. The van der Waals surface area contributed by atoms with E-state index in [1.807, 2.05) is 9.80 Å². The first kappa shape index (κ1) is 13.7. The van der Waals surface area contributed by atoms with E-state index >= 15 is 0 Å². The van der Waals surface area contributed by atoms with Crippen molar-refractivity contribution in [1.29, 1.82) is 0 Å². The van der Waals surface area contributed by atoms with Crippen molar-refractivity contribution in [3.8, 4) is 0 Å². The van der Waals surface area contributed by atoms with Crippen LogP contribution in [0.1, 0.15) is 12.8 Å². The summed E-state index contributed by atoms with van der Waals surface area (Å²) in [6.07, 6.45) is -1.71. The molecule has 3 unspecified atom stereocenters. The second-order valence-corrected chi connectivity index (χ2v) is 5.38. The number of hydrogen-bond acceptors (Lipinski definition) is 8. The number of hydrogen-bond donors (Lipinski definition) is 2. The molecule has 3 fully saturated rings. The summed E-state index contributed by atoms with van der Waals surface area (Å²) in [5.41, 5.74) is 0. The van der Waals surface area contributed by atoms with Crippen molar-refractivity contribution in [2.45, 2.75) is 37.5 Å². The minimum atomic E-state index is -1.06. The van der Waals surface area contributed by atoms with Gasteiger partial charge in [0.1, 0.15) is 0 Å². The highest BCUT2D eigenvalue weighted by molar-refractivity contribution is 5.73. The van der Waals surface area contributed by atoms with Crippen LogP contribution in [0.3, 0.4) is 0 Å². The molecule has 3 aliphatic rings. The maximum Gasteiger partial charge on any atom is 0.309 e. The van der Waals surface area contributed by atoms with Gasteiger partial charge in [0.2, 0.25) is 12.6 Å². The molecule has 0 aromatic heterocycles. The highest BCUT2D eigenvalue weighted by atomic mass is 16.6. The number of rotatable bonds is 2. The standard InChI is InChI=1S/C12H18N2O6/c15-9-5-7(11(17)19-9)13-1-2-14(4-3-13)8-6-10(16)20-12(8)18/h7-8,11-12,17-18H,1-6H2/t7?,8?,11-,12?/m1/s1. The van der Waals surface area contributed by atoms with E-state index in [0.717, 1.165) is 0 Å². The fourth-order valence-corrected chi connectivity index (χ4v) is 3.09. The Bertz CT molecular complexity index is 371. The minimum absolute atomic E-state index is 0.203. The lowest BCUT2D eigenvalue weighted by molar-refractivity contribution is -0.160. The van der Waals surface area contributed by atoms with E-state index in [2.05, 4.69) is 0 Å². The summed E-state index contributed by atoms with van der Waals surface area (Å²) in [5.74, 6) is -0.759. The first-order valence-electron chi connectivity index (χ1n) is 6.78. The normalized spacial score (nSPS) is 39.9. The smallest absolute Gasteiger partial charge is 0.309 e. The molecular formula is C12H18N2O6. The van der Waals surface area contributed by atoms with E-state index in [0.29, 0.717) is 26.2 Å². The molecule has 3 heterocycles. The van der Waals surface area contributed by atoms with Gasteiger partial charge in [-0.2, -0.15) is 0 Å². The molecule has 8 nitrogen and oxygen atoms in total. The number of cyclic esters (lactones) is 2. The molecule has 3 rings (SSSR count). The molecule has 112 valence electrons. The van der Waals surface area contributed by atoms with Gasteiger partial charge in [0.15, 0.2) is 0 Å². The van der Waals surface area contributed by atoms with E-state index in [4.69, 9.17) is 9.47 Å². The minimum Gasteiger partial charge on any atom is -0.434 e. The van der Waals surface area contributed by atoms with Crippen LogP contribution >= 0.6 is 0 Å². The van der Waals surface area contributed by atoms with Crippen molar-refractivity contribution >= 4 is 11.9 Å². The molecule has 3 aliphatic heterocycles. The van der Waals surface area contributed by atoms with Gasteiger partial charge < -0.3 is 19.7 Å². The Labute approximate surface area is 115 Å². The predicted octanol–water partition coefficient (Wildman–Crippen LogP) is -2.13. The van der Waals surface area contributed by atoms with Gasteiger partial charge in [-0.25, -0.2) is 0 Å². The summed E-state index contributed by atoms with van der Waals surface area (Å²) in [6.45, 7) is 2.59. The van der Waals surface area contributed by atoms with Crippen LogP contribution in [0.4, 0.5) is 0 Å². The Morgan fingerprint density at radius 1 is 0.800 bits per heavy atom. The molecule has 2 N–H and O–H groups in total. The van der Waals surface area contributed by atoms with Crippen LogP contribution in [0.25, 0.3) is 0 Å². The molecule has 0 radical (unpaired) electrons. The van der Waals surface area contributed by atoms with Gasteiger partial charge in [0.25, 0.3) is 0 Å². The summed E-state index contributed by atoms with van der Waals surface area (Å²) >= 11 is 0. The molecular weight excluding hydrogens is 268 g/mol. The Kier molecular flexibility index (Phi) is 3.63. The molecule has 0 spiro atoms. The highest BCUT2D eigenvalue weighted by Crippen LogP contribution is 2.24. The molecule has 0 aromatic carbocycles. The quantitative estimate of drug-likeness (QED) is 0.555. The summed E-state index contributed by atoms with van der Waals surface area (Å²) in [6, 6.07) is -0.591. The second kappa shape index (κ2) is 5.28. The highest BCUT2D eigenvalue weighted by Gasteiger charge is 2.42. The number of aliphatic hydroxyl groups is 2. The third-order valence-electron chi connectivity index (χ3n) is 4.20. The molecule has 3 saturated heterocycles. The van der Waals surface area contributed by atoms with Crippen molar-refractivity contribution < 1.29 is 29.3 Å². The summed E-state index contributed by atoms with van der Waals surface area (Å²) in [7, 11) is 0. The summed E-state index contributed by atoms with van der Waals surface area (Å²) < 4.78 is 9.48. The van der Waals surface area contributed by atoms with Gasteiger partial charge in [-0.1, -0.05) is 0 Å². The Morgan fingerprint density at radius 3 is 1.40 bits per heavy atom. The van der Waals surface area contributed by atoms with Gasteiger partial charge >= 0.3 is 11.9 Å². The summed E-state index contributed by atoms with van der Waals surface area (Å²) in [4.78, 5) is 26.3. The van der Waals surface area contributed by atoms with Gasteiger partial charge in [-0.05, 0) is 0 Å². The van der Waals surface area contributed by atoms with Crippen LogP contribution in [-0.2, 0) is 19.1 Å². The van der Waals surface area contributed by atoms with Crippen molar-refractivity contribution in [1.82, 2.24) is 9.80 Å². The zero-order valence-corrected chi connectivity index (χ0v) is 11.0. The third kappa shape index (κ3) is 2.51. The van der Waals surface area contributed by atoms with Crippen LogP contribution in [0.2, 0.25) is 0 Å². The Balaban J connectivity index is 1.55. The van der Waals surface area contributed by atoms with E-state index in [1.54, 1.807) is 0 Å². The van der Waals surface area contributed by atoms with Crippen molar-refractivity contribution in [2.75, 3.05) is 26.2 Å². The van der Waals surface area contributed by atoms with Gasteiger partial charge in [-0.3, -0.25) is 19.4 Å². The lowest BCUT2D eigenvalue weighted by atomic mass is 10.1. The van der Waals surface area contributed by atoms with Gasteiger partial charge in [0.05, 0.1) is 24.9 Å². The number of carbonyl (C=O) groups is 2. The predicted molar refractivity (Wildman–Crippen MR) is 64.2 cm³/mol. The third-order valence-corrected chi connectivity index (χ3v) is 4.20. The monoisotopic (exact) mass is 286 g/mol. The van der Waals surface area contributed by atoms with Crippen LogP contribution in [-0.4, -0.2) is 82.8 Å². The molecule has 4 atom stereocenters. The number of nitrogens with zero attached hydrogens (tertiary/aromatic N) is 2. The Hall–Kier alpha value is -1.22. The molecule has 0 bridgehead atoms. The molecule has 0 aromatic rings. The SMILES string of the molecule is O=C1CC(N2CCN(C3CC(=O)O[C@H]3O)CC2)C(O)O1. The number of aliphatic hydroxyl groups excluding tert-OH is 2. The fourth-order valence-electron chi connectivity index (χ4n) is 3.09. The molecule has 20 heavy (non-hydrogen) atoms. The van der Waals surface area contributed by atoms with Crippen LogP contribution in [0, 0.1) is 0 Å². The first-order valence-corrected chi connectivity index (χ1v) is 6.78. The molecule has 0 amide bonds. The van der Waals surface area contributed by atoms with Crippen molar-refractivity contribution in [3.05, 3.63) is 0 Å². The first-order chi connectivity index (χ1) is 9.54. The average Bonchev–Trinajstić information content (AvgIpc) is 2.92. The number of piperazine rings is 1.